The standard InChI is InChI=1S/C17H23FN2O4/c1-13(21)19-10-16(22)20-9-3-8-17(11-20,23-2)12-24-15-6-4-14(18)5-7-15/h4-7H,3,8-12H2,1-2H3,(H,19,21)/t17-/m1/s1. The van der Waals surface area contributed by atoms with Crippen molar-refractivity contribution in [2.24, 2.45) is 0 Å². The molecule has 1 heterocycles. The molecule has 1 fully saturated rings. The monoisotopic (exact) mass is 338 g/mol. The third-order valence-corrected chi connectivity index (χ3v) is 4.13. The smallest absolute Gasteiger partial charge is 0.242 e. The Hall–Kier alpha value is -2.15. The molecule has 1 saturated heterocycles. The normalized spacial score (nSPS) is 20.5. The molecule has 0 bridgehead atoms. The van der Waals surface area contributed by atoms with Crippen LogP contribution in [0.5, 0.6) is 5.75 Å². The van der Waals surface area contributed by atoms with Crippen LogP contribution < -0.4 is 10.1 Å². The molecule has 1 aliphatic rings. The summed E-state index contributed by atoms with van der Waals surface area (Å²) in [5, 5.41) is 2.51. The Labute approximate surface area is 140 Å². The van der Waals surface area contributed by atoms with Crippen LogP contribution in [0.15, 0.2) is 24.3 Å². The SMILES string of the molecule is CO[C@]1(COc2ccc(F)cc2)CCCN(C(=O)CNC(C)=O)C1. The van der Waals surface area contributed by atoms with E-state index in [0.29, 0.717) is 18.8 Å². The highest BCUT2D eigenvalue weighted by Crippen LogP contribution is 2.26. The number of halogens is 1. The van der Waals surface area contributed by atoms with Gasteiger partial charge in [0, 0.05) is 20.6 Å². The van der Waals surface area contributed by atoms with E-state index in [-0.39, 0.29) is 30.8 Å². The van der Waals surface area contributed by atoms with Crippen molar-refractivity contribution in [3.8, 4) is 5.75 Å². The molecular weight excluding hydrogens is 315 g/mol. The molecule has 2 amide bonds. The first kappa shape index (κ1) is 18.2. The van der Waals surface area contributed by atoms with Crippen molar-refractivity contribution in [3.05, 3.63) is 30.1 Å². The van der Waals surface area contributed by atoms with Crippen molar-refractivity contribution in [2.45, 2.75) is 25.4 Å². The largest absolute Gasteiger partial charge is 0.491 e. The molecule has 1 aliphatic heterocycles. The summed E-state index contributed by atoms with van der Waals surface area (Å²) in [4.78, 5) is 24.8. The van der Waals surface area contributed by atoms with Crippen LogP contribution >= 0.6 is 0 Å². The lowest BCUT2D eigenvalue weighted by molar-refractivity contribution is -0.143. The summed E-state index contributed by atoms with van der Waals surface area (Å²) >= 11 is 0. The van der Waals surface area contributed by atoms with Crippen LogP contribution in [0.2, 0.25) is 0 Å². The zero-order valence-corrected chi connectivity index (χ0v) is 14.0. The molecule has 1 aromatic rings. The Bertz CT molecular complexity index is 578. The quantitative estimate of drug-likeness (QED) is 0.850. The van der Waals surface area contributed by atoms with Gasteiger partial charge in [0.2, 0.25) is 11.8 Å². The van der Waals surface area contributed by atoms with E-state index in [4.69, 9.17) is 9.47 Å². The number of carbonyl (C=O) groups is 2. The summed E-state index contributed by atoms with van der Waals surface area (Å²) in [7, 11) is 1.59. The van der Waals surface area contributed by atoms with Gasteiger partial charge in [0.1, 0.15) is 23.8 Å². The molecule has 24 heavy (non-hydrogen) atoms. The van der Waals surface area contributed by atoms with Crippen LogP contribution in [-0.2, 0) is 14.3 Å². The lowest BCUT2D eigenvalue weighted by Gasteiger charge is -2.41. The van der Waals surface area contributed by atoms with Crippen LogP contribution in [0, 0.1) is 5.82 Å². The molecule has 132 valence electrons. The molecular formula is C17H23FN2O4. The maximum absolute atomic E-state index is 12.9. The first-order valence-corrected chi connectivity index (χ1v) is 7.90. The van der Waals surface area contributed by atoms with E-state index in [1.165, 1.54) is 19.1 Å². The zero-order chi connectivity index (χ0) is 17.6. The van der Waals surface area contributed by atoms with Crippen molar-refractivity contribution in [1.82, 2.24) is 10.2 Å². The zero-order valence-electron chi connectivity index (χ0n) is 14.0. The number of piperidine rings is 1. The minimum absolute atomic E-state index is 0.0199. The molecule has 0 aromatic heterocycles. The van der Waals surface area contributed by atoms with E-state index in [0.717, 1.165) is 12.8 Å². The highest BCUT2D eigenvalue weighted by molar-refractivity contribution is 5.83. The van der Waals surface area contributed by atoms with Gasteiger partial charge in [0.25, 0.3) is 0 Å². The number of nitrogens with one attached hydrogen (secondary N) is 1. The van der Waals surface area contributed by atoms with Crippen LogP contribution in [0.25, 0.3) is 0 Å². The fourth-order valence-corrected chi connectivity index (χ4v) is 2.71. The second-order valence-corrected chi connectivity index (χ2v) is 5.96. The first-order valence-electron chi connectivity index (χ1n) is 7.90. The van der Waals surface area contributed by atoms with Crippen molar-refractivity contribution in [1.29, 1.82) is 0 Å². The van der Waals surface area contributed by atoms with Crippen molar-refractivity contribution < 1.29 is 23.5 Å². The van der Waals surface area contributed by atoms with E-state index in [2.05, 4.69) is 5.32 Å². The predicted octanol–water partition coefficient (Wildman–Crippen LogP) is 1.35. The van der Waals surface area contributed by atoms with Gasteiger partial charge in [-0.05, 0) is 37.1 Å². The average molecular weight is 338 g/mol. The number of rotatable bonds is 6. The molecule has 0 radical (unpaired) electrons. The Morgan fingerprint density at radius 2 is 2.04 bits per heavy atom. The number of hydrogen-bond donors (Lipinski definition) is 1. The molecule has 0 aliphatic carbocycles. The maximum Gasteiger partial charge on any atom is 0.242 e. The summed E-state index contributed by atoms with van der Waals surface area (Å²) in [6.45, 7) is 2.63. The Morgan fingerprint density at radius 1 is 1.33 bits per heavy atom. The Balaban J connectivity index is 1.95. The van der Waals surface area contributed by atoms with Gasteiger partial charge in [-0.3, -0.25) is 9.59 Å². The number of benzene rings is 1. The van der Waals surface area contributed by atoms with Gasteiger partial charge in [-0.2, -0.15) is 0 Å². The Kier molecular flexibility index (Phi) is 6.14. The van der Waals surface area contributed by atoms with Crippen LogP contribution in [-0.4, -0.2) is 55.7 Å². The molecule has 7 heteroatoms. The van der Waals surface area contributed by atoms with Crippen LogP contribution in [0.4, 0.5) is 4.39 Å². The number of methoxy groups -OCH3 is 1. The molecule has 0 saturated carbocycles. The molecule has 6 nitrogen and oxygen atoms in total. The minimum Gasteiger partial charge on any atom is -0.491 e. The van der Waals surface area contributed by atoms with E-state index in [9.17, 15) is 14.0 Å². The minimum atomic E-state index is -0.613. The van der Waals surface area contributed by atoms with E-state index in [1.54, 1.807) is 24.1 Å². The van der Waals surface area contributed by atoms with Crippen LogP contribution in [0.1, 0.15) is 19.8 Å². The van der Waals surface area contributed by atoms with E-state index < -0.39 is 5.60 Å². The number of carbonyl (C=O) groups excluding carboxylic acids is 2. The molecule has 0 unspecified atom stereocenters. The summed E-state index contributed by atoms with van der Waals surface area (Å²) in [5.74, 6) is -0.156. The average Bonchev–Trinajstić information content (AvgIpc) is 2.59. The van der Waals surface area contributed by atoms with Crippen molar-refractivity contribution in [3.63, 3.8) is 0 Å². The number of hydrogen-bond acceptors (Lipinski definition) is 4. The molecule has 1 aromatic carbocycles. The van der Waals surface area contributed by atoms with Crippen molar-refractivity contribution in [2.75, 3.05) is 33.4 Å². The predicted molar refractivity (Wildman–Crippen MR) is 86.1 cm³/mol. The fourth-order valence-electron chi connectivity index (χ4n) is 2.71. The number of likely N-dealkylation sites (tertiary alicyclic amines) is 1. The van der Waals surface area contributed by atoms with Gasteiger partial charge in [0.15, 0.2) is 0 Å². The third kappa shape index (κ3) is 4.92. The fraction of sp³-hybridized carbons (Fsp3) is 0.529. The number of nitrogens with zero attached hydrogens (tertiary/aromatic N) is 1. The lowest BCUT2D eigenvalue weighted by Crippen LogP contribution is -2.55. The van der Waals surface area contributed by atoms with E-state index >= 15 is 0 Å². The van der Waals surface area contributed by atoms with Gasteiger partial charge in [0.05, 0.1) is 13.1 Å². The summed E-state index contributed by atoms with van der Waals surface area (Å²) < 4.78 is 24.3. The molecule has 1 atom stereocenters. The summed E-state index contributed by atoms with van der Waals surface area (Å²) in [5.41, 5.74) is -0.613. The maximum atomic E-state index is 12.9. The third-order valence-electron chi connectivity index (χ3n) is 4.13. The van der Waals surface area contributed by atoms with Gasteiger partial charge in [-0.1, -0.05) is 0 Å². The second-order valence-electron chi connectivity index (χ2n) is 5.96. The number of amides is 2. The topological polar surface area (TPSA) is 67.9 Å². The van der Waals surface area contributed by atoms with Gasteiger partial charge in [-0.15, -0.1) is 0 Å². The van der Waals surface area contributed by atoms with Crippen LogP contribution in [0.3, 0.4) is 0 Å². The van der Waals surface area contributed by atoms with Gasteiger partial charge in [-0.25, -0.2) is 4.39 Å². The number of ether oxygens (including phenoxy) is 2. The highest BCUT2D eigenvalue weighted by atomic mass is 19.1. The van der Waals surface area contributed by atoms with Gasteiger partial charge < -0.3 is 19.7 Å². The summed E-state index contributed by atoms with van der Waals surface area (Å²) in [6, 6.07) is 5.78. The molecule has 2 rings (SSSR count). The molecule has 0 spiro atoms. The Morgan fingerprint density at radius 3 is 2.67 bits per heavy atom. The first-order chi connectivity index (χ1) is 11.4. The van der Waals surface area contributed by atoms with E-state index in [1.807, 2.05) is 0 Å². The summed E-state index contributed by atoms with van der Waals surface area (Å²) in [6.07, 6.45) is 1.54. The second kappa shape index (κ2) is 8.10. The van der Waals surface area contributed by atoms with Crippen molar-refractivity contribution >= 4 is 11.8 Å². The van der Waals surface area contributed by atoms with Gasteiger partial charge >= 0.3 is 0 Å². The molecule has 1 N–H and O–H groups in total. The lowest BCUT2D eigenvalue weighted by atomic mass is 9.93. The highest BCUT2D eigenvalue weighted by Gasteiger charge is 2.38.